The summed E-state index contributed by atoms with van der Waals surface area (Å²) < 4.78 is 0. The number of carbonyl (C=O) groups is 1. The van der Waals surface area contributed by atoms with Crippen molar-refractivity contribution in [2.24, 2.45) is 5.92 Å². The first-order chi connectivity index (χ1) is 10.7. The summed E-state index contributed by atoms with van der Waals surface area (Å²) in [7, 11) is 0. The molecule has 2 N–H and O–H groups in total. The van der Waals surface area contributed by atoms with E-state index < -0.39 is 0 Å². The first-order valence-corrected chi connectivity index (χ1v) is 7.61. The van der Waals surface area contributed by atoms with Crippen molar-refractivity contribution in [2.75, 3.05) is 10.6 Å². The smallest absolute Gasteiger partial charge is 0.157 e. The number of hydrogen-bond donors (Lipinski definition) is 2. The maximum Gasteiger partial charge on any atom is 0.157 e. The van der Waals surface area contributed by atoms with Gasteiger partial charge < -0.3 is 10.6 Å². The van der Waals surface area contributed by atoms with Crippen molar-refractivity contribution in [3.05, 3.63) is 66.4 Å². The molecule has 3 rings (SSSR count). The van der Waals surface area contributed by atoms with Gasteiger partial charge in [-0.2, -0.15) is 0 Å². The monoisotopic (exact) mass is 292 g/mol. The van der Waals surface area contributed by atoms with E-state index in [-0.39, 0.29) is 5.78 Å². The summed E-state index contributed by atoms with van der Waals surface area (Å²) in [5.41, 5.74) is 4.12. The molecule has 1 atom stereocenters. The minimum atomic E-state index is 0.212. The van der Waals surface area contributed by atoms with Gasteiger partial charge in [-0.1, -0.05) is 25.1 Å². The third kappa shape index (κ3) is 3.76. The van der Waals surface area contributed by atoms with E-state index >= 15 is 0 Å². The van der Waals surface area contributed by atoms with Gasteiger partial charge in [0.05, 0.1) is 0 Å². The Morgan fingerprint density at radius 1 is 0.818 bits per heavy atom. The third-order valence-electron chi connectivity index (χ3n) is 3.71. The standard InChI is InChI=1S/C19H20N2O/c1-14-11-18(13-19(22)12-14)21-17-9-7-16(8-10-17)20-15-5-3-2-4-6-15/h2-10,13-14,20-21H,11-12H2,1H3/t14-/m1/s1. The lowest BCUT2D eigenvalue weighted by Crippen LogP contribution is -2.15. The fourth-order valence-electron chi connectivity index (χ4n) is 2.70. The predicted octanol–water partition coefficient (Wildman–Crippen LogP) is 4.73. The highest BCUT2D eigenvalue weighted by molar-refractivity contribution is 5.92. The average Bonchev–Trinajstić information content (AvgIpc) is 2.49. The van der Waals surface area contributed by atoms with E-state index in [4.69, 9.17) is 0 Å². The molecule has 0 spiro atoms. The molecule has 0 radical (unpaired) electrons. The van der Waals surface area contributed by atoms with Crippen LogP contribution in [0.1, 0.15) is 19.8 Å². The van der Waals surface area contributed by atoms with Crippen LogP contribution in [0.2, 0.25) is 0 Å². The second-order valence-corrected chi connectivity index (χ2v) is 5.84. The van der Waals surface area contributed by atoms with Crippen LogP contribution >= 0.6 is 0 Å². The molecule has 1 aliphatic rings. The van der Waals surface area contributed by atoms with Crippen LogP contribution in [0, 0.1) is 5.92 Å². The van der Waals surface area contributed by atoms with Gasteiger partial charge in [0.2, 0.25) is 0 Å². The molecule has 1 aliphatic carbocycles. The molecule has 0 aromatic heterocycles. The van der Waals surface area contributed by atoms with E-state index in [1.165, 1.54) is 0 Å². The van der Waals surface area contributed by atoms with Gasteiger partial charge in [-0.05, 0) is 48.7 Å². The van der Waals surface area contributed by atoms with Gasteiger partial charge >= 0.3 is 0 Å². The van der Waals surface area contributed by atoms with Crippen molar-refractivity contribution in [3.63, 3.8) is 0 Å². The Kier molecular flexibility index (Phi) is 4.24. The number of hydrogen-bond acceptors (Lipinski definition) is 3. The Bertz CT molecular complexity index is 674. The van der Waals surface area contributed by atoms with E-state index in [1.807, 2.05) is 54.6 Å². The molecule has 3 nitrogen and oxygen atoms in total. The summed E-state index contributed by atoms with van der Waals surface area (Å²) in [5, 5.41) is 6.70. The zero-order valence-corrected chi connectivity index (χ0v) is 12.7. The van der Waals surface area contributed by atoms with Gasteiger partial charge in [0.1, 0.15) is 0 Å². The molecule has 0 fully saturated rings. The molecule has 22 heavy (non-hydrogen) atoms. The van der Waals surface area contributed by atoms with Gasteiger partial charge in [-0.15, -0.1) is 0 Å². The Morgan fingerprint density at radius 2 is 1.41 bits per heavy atom. The summed E-state index contributed by atoms with van der Waals surface area (Å²) in [5.74, 6) is 0.627. The van der Waals surface area contributed by atoms with Crippen molar-refractivity contribution < 1.29 is 4.79 Å². The number of ketones is 1. The molecule has 2 aromatic rings. The van der Waals surface area contributed by atoms with Crippen molar-refractivity contribution in [2.45, 2.75) is 19.8 Å². The van der Waals surface area contributed by atoms with Crippen LogP contribution in [0.4, 0.5) is 17.1 Å². The molecule has 0 aliphatic heterocycles. The highest BCUT2D eigenvalue weighted by Crippen LogP contribution is 2.24. The van der Waals surface area contributed by atoms with E-state index in [9.17, 15) is 4.79 Å². The van der Waals surface area contributed by atoms with Crippen LogP contribution in [0.15, 0.2) is 66.4 Å². The molecule has 0 unspecified atom stereocenters. The van der Waals surface area contributed by atoms with Crippen LogP contribution in [-0.2, 0) is 4.79 Å². The first-order valence-electron chi connectivity index (χ1n) is 7.61. The zero-order valence-electron chi connectivity index (χ0n) is 12.7. The average molecular weight is 292 g/mol. The van der Waals surface area contributed by atoms with Crippen molar-refractivity contribution in [3.8, 4) is 0 Å². The quantitative estimate of drug-likeness (QED) is 0.856. The van der Waals surface area contributed by atoms with Crippen LogP contribution in [0.5, 0.6) is 0 Å². The zero-order chi connectivity index (χ0) is 15.4. The largest absolute Gasteiger partial charge is 0.359 e. The molecule has 0 heterocycles. The maximum absolute atomic E-state index is 11.6. The minimum Gasteiger partial charge on any atom is -0.359 e. The summed E-state index contributed by atoms with van der Waals surface area (Å²) in [6, 6.07) is 18.2. The second-order valence-electron chi connectivity index (χ2n) is 5.84. The molecule has 112 valence electrons. The molecule has 0 saturated carbocycles. The predicted molar refractivity (Wildman–Crippen MR) is 91.3 cm³/mol. The van der Waals surface area contributed by atoms with Gasteiger partial charge in [0.15, 0.2) is 5.78 Å². The van der Waals surface area contributed by atoms with E-state index in [0.717, 1.165) is 29.2 Å². The Balaban J connectivity index is 1.66. The Morgan fingerprint density at radius 3 is 2.05 bits per heavy atom. The number of carbonyl (C=O) groups excluding carboxylic acids is 1. The number of nitrogens with one attached hydrogen (secondary N) is 2. The second kappa shape index (κ2) is 6.48. The molecular weight excluding hydrogens is 272 g/mol. The molecule has 0 bridgehead atoms. The van der Waals surface area contributed by atoms with E-state index in [2.05, 4.69) is 17.6 Å². The lowest BCUT2D eigenvalue weighted by atomic mass is 9.93. The van der Waals surface area contributed by atoms with Gasteiger partial charge in [-0.3, -0.25) is 4.79 Å². The molecule has 0 amide bonds. The van der Waals surface area contributed by atoms with Crippen LogP contribution in [-0.4, -0.2) is 5.78 Å². The molecule has 0 saturated heterocycles. The number of para-hydroxylation sites is 1. The van der Waals surface area contributed by atoms with Crippen LogP contribution in [0.3, 0.4) is 0 Å². The fraction of sp³-hybridized carbons (Fsp3) is 0.211. The summed E-state index contributed by atoms with van der Waals surface area (Å²) in [6.07, 6.45) is 3.32. The van der Waals surface area contributed by atoms with Gasteiger partial charge in [-0.25, -0.2) is 0 Å². The summed E-state index contributed by atoms with van der Waals surface area (Å²) >= 11 is 0. The molecular formula is C19H20N2O. The third-order valence-corrected chi connectivity index (χ3v) is 3.71. The Labute approximate surface area is 131 Å². The number of anilines is 3. The van der Waals surface area contributed by atoms with E-state index in [0.29, 0.717) is 12.3 Å². The fourth-order valence-corrected chi connectivity index (χ4v) is 2.70. The lowest BCUT2D eigenvalue weighted by Gasteiger charge is -2.19. The SMILES string of the molecule is C[C@H]1CC(=O)C=C(Nc2ccc(Nc3ccccc3)cc2)C1. The Hall–Kier alpha value is -2.55. The number of benzene rings is 2. The van der Waals surface area contributed by atoms with Crippen molar-refractivity contribution in [1.82, 2.24) is 0 Å². The number of rotatable bonds is 4. The maximum atomic E-state index is 11.6. The normalized spacial score (nSPS) is 17.8. The topological polar surface area (TPSA) is 41.1 Å². The minimum absolute atomic E-state index is 0.212. The van der Waals surface area contributed by atoms with Crippen molar-refractivity contribution in [1.29, 1.82) is 0 Å². The van der Waals surface area contributed by atoms with Gasteiger partial charge in [0, 0.05) is 35.3 Å². The van der Waals surface area contributed by atoms with Crippen LogP contribution < -0.4 is 10.6 Å². The van der Waals surface area contributed by atoms with Gasteiger partial charge in [0.25, 0.3) is 0 Å². The number of allylic oxidation sites excluding steroid dienone is 2. The van der Waals surface area contributed by atoms with Crippen molar-refractivity contribution >= 4 is 22.8 Å². The highest BCUT2D eigenvalue weighted by atomic mass is 16.1. The van der Waals surface area contributed by atoms with E-state index in [1.54, 1.807) is 6.08 Å². The summed E-state index contributed by atoms with van der Waals surface area (Å²) in [4.78, 5) is 11.6. The highest BCUT2D eigenvalue weighted by Gasteiger charge is 2.16. The van der Waals surface area contributed by atoms with Crippen LogP contribution in [0.25, 0.3) is 0 Å². The molecule has 3 heteroatoms. The first kappa shape index (κ1) is 14.4. The summed E-state index contributed by atoms with van der Waals surface area (Å²) in [6.45, 7) is 2.11. The molecule has 2 aromatic carbocycles. The lowest BCUT2D eigenvalue weighted by molar-refractivity contribution is -0.115.